The van der Waals surface area contributed by atoms with Gasteiger partial charge >= 0.3 is 6.03 Å². The van der Waals surface area contributed by atoms with E-state index in [-0.39, 0.29) is 6.03 Å². The van der Waals surface area contributed by atoms with Crippen molar-refractivity contribution in [3.05, 3.63) is 60.2 Å². The fourth-order valence-corrected chi connectivity index (χ4v) is 2.16. The van der Waals surface area contributed by atoms with Crippen molar-refractivity contribution in [1.29, 1.82) is 0 Å². The van der Waals surface area contributed by atoms with Gasteiger partial charge in [-0.15, -0.1) is 0 Å². The first-order chi connectivity index (χ1) is 11.3. The Morgan fingerprint density at radius 1 is 1.04 bits per heavy atom. The average Bonchev–Trinajstić information content (AvgIpc) is 2.59. The summed E-state index contributed by atoms with van der Waals surface area (Å²) in [5.41, 5.74) is 2.10. The number of anilines is 1. The van der Waals surface area contributed by atoms with Gasteiger partial charge in [0.05, 0.1) is 6.54 Å². The zero-order chi connectivity index (χ0) is 16.3. The van der Waals surface area contributed by atoms with Gasteiger partial charge in [0.25, 0.3) is 0 Å². The predicted molar refractivity (Wildman–Crippen MR) is 94.0 cm³/mol. The fourth-order valence-electron chi connectivity index (χ4n) is 2.16. The van der Waals surface area contributed by atoms with E-state index in [2.05, 4.69) is 29.7 Å². The zero-order valence-electron chi connectivity index (χ0n) is 13.5. The van der Waals surface area contributed by atoms with Crippen molar-refractivity contribution < 1.29 is 9.53 Å². The summed E-state index contributed by atoms with van der Waals surface area (Å²) in [6.07, 6.45) is 3.46. The molecule has 0 aliphatic heterocycles. The monoisotopic (exact) mass is 312 g/mol. The van der Waals surface area contributed by atoms with Gasteiger partial charge in [-0.3, -0.25) is 0 Å². The number of unbranched alkanes of at least 4 members (excludes halogenated alkanes) is 1. The summed E-state index contributed by atoms with van der Waals surface area (Å²) in [6.45, 7) is 3.07. The number of benzene rings is 2. The molecule has 0 heterocycles. The molecule has 0 spiro atoms. The first-order valence-electron chi connectivity index (χ1n) is 8.09. The highest BCUT2D eigenvalue weighted by molar-refractivity contribution is 5.89. The molecule has 4 nitrogen and oxygen atoms in total. The number of hydrogen-bond acceptors (Lipinski definition) is 2. The third-order valence-corrected chi connectivity index (χ3v) is 3.43. The Morgan fingerprint density at radius 2 is 1.78 bits per heavy atom. The molecule has 0 aromatic heterocycles. The lowest BCUT2D eigenvalue weighted by atomic mass is 10.1. The quantitative estimate of drug-likeness (QED) is 0.717. The van der Waals surface area contributed by atoms with Crippen LogP contribution in [0.25, 0.3) is 0 Å². The number of urea groups is 1. The molecule has 2 amide bonds. The second-order valence-electron chi connectivity index (χ2n) is 5.34. The number of carbonyl (C=O) groups excluding carboxylic acids is 1. The molecule has 2 rings (SSSR count). The lowest BCUT2D eigenvalue weighted by Crippen LogP contribution is -2.32. The molecule has 0 saturated carbocycles. The van der Waals surface area contributed by atoms with Crippen LogP contribution in [-0.2, 0) is 6.42 Å². The van der Waals surface area contributed by atoms with E-state index < -0.39 is 0 Å². The maximum absolute atomic E-state index is 11.8. The van der Waals surface area contributed by atoms with Crippen LogP contribution < -0.4 is 15.4 Å². The van der Waals surface area contributed by atoms with Gasteiger partial charge in [0.1, 0.15) is 12.4 Å². The standard InChI is InChI=1S/C19H24N2O2/c1-2-3-7-16-10-12-17(13-11-16)21-19(22)20-14-15-23-18-8-5-4-6-9-18/h4-6,8-13H,2-3,7,14-15H2,1H3,(H2,20,21,22). The van der Waals surface area contributed by atoms with Crippen LogP contribution in [-0.4, -0.2) is 19.2 Å². The van der Waals surface area contributed by atoms with Gasteiger partial charge in [-0.05, 0) is 42.7 Å². The molecular formula is C19H24N2O2. The Balaban J connectivity index is 1.66. The Hall–Kier alpha value is -2.49. The molecule has 0 bridgehead atoms. The highest BCUT2D eigenvalue weighted by Crippen LogP contribution is 2.11. The number of hydrogen-bond donors (Lipinski definition) is 2. The lowest BCUT2D eigenvalue weighted by Gasteiger charge is -2.09. The van der Waals surface area contributed by atoms with E-state index in [1.807, 2.05) is 42.5 Å². The number of nitrogens with one attached hydrogen (secondary N) is 2. The van der Waals surface area contributed by atoms with Crippen LogP contribution in [0.2, 0.25) is 0 Å². The Morgan fingerprint density at radius 3 is 2.48 bits per heavy atom. The Bertz CT molecular complexity index is 582. The topological polar surface area (TPSA) is 50.4 Å². The number of para-hydroxylation sites is 1. The molecule has 0 radical (unpaired) electrons. The van der Waals surface area contributed by atoms with Crippen LogP contribution in [0, 0.1) is 0 Å². The summed E-state index contributed by atoms with van der Waals surface area (Å²) < 4.78 is 5.52. The summed E-state index contributed by atoms with van der Waals surface area (Å²) in [5.74, 6) is 0.803. The van der Waals surface area contributed by atoms with Crippen molar-refractivity contribution in [2.75, 3.05) is 18.5 Å². The minimum absolute atomic E-state index is 0.219. The second-order valence-corrected chi connectivity index (χ2v) is 5.34. The van der Waals surface area contributed by atoms with Gasteiger partial charge in [-0.1, -0.05) is 43.7 Å². The molecule has 23 heavy (non-hydrogen) atoms. The van der Waals surface area contributed by atoms with Gasteiger partial charge in [0.2, 0.25) is 0 Å². The highest BCUT2D eigenvalue weighted by Gasteiger charge is 2.01. The van der Waals surface area contributed by atoms with Crippen molar-refractivity contribution in [1.82, 2.24) is 5.32 Å². The SMILES string of the molecule is CCCCc1ccc(NC(=O)NCCOc2ccccc2)cc1. The van der Waals surface area contributed by atoms with E-state index in [4.69, 9.17) is 4.74 Å². The van der Waals surface area contributed by atoms with Crippen LogP contribution in [0.4, 0.5) is 10.5 Å². The van der Waals surface area contributed by atoms with E-state index >= 15 is 0 Å². The molecule has 2 aromatic rings. The molecule has 0 aliphatic carbocycles. The molecule has 4 heteroatoms. The summed E-state index contributed by atoms with van der Waals surface area (Å²) >= 11 is 0. The zero-order valence-corrected chi connectivity index (χ0v) is 13.5. The molecule has 0 saturated heterocycles. The van der Waals surface area contributed by atoms with Gasteiger partial charge < -0.3 is 15.4 Å². The van der Waals surface area contributed by atoms with Crippen molar-refractivity contribution in [3.63, 3.8) is 0 Å². The van der Waals surface area contributed by atoms with Crippen molar-refractivity contribution in [2.24, 2.45) is 0 Å². The molecule has 0 aliphatic rings. The Labute approximate surface area is 137 Å². The second kappa shape index (κ2) is 9.51. The first kappa shape index (κ1) is 16.9. The van der Waals surface area contributed by atoms with Crippen molar-refractivity contribution >= 4 is 11.7 Å². The predicted octanol–water partition coefficient (Wildman–Crippen LogP) is 4.23. The maximum atomic E-state index is 11.8. The lowest BCUT2D eigenvalue weighted by molar-refractivity contribution is 0.247. The van der Waals surface area contributed by atoms with Crippen molar-refractivity contribution in [3.8, 4) is 5.75 Å². The highest BCUT2D eigenvalue weighted by atomic mass is 16.5. The number of ether oxygens (including phenoxy) is 1. The number of rotatable bonds is 8. The molecule has 0 unspecified atom stereocenters. The maximum Gasteiger partial charge on any atom is 0.319 e. The molecule has 2 N–H and O–H groups in total. The summed E-state index contributed by atoms with van der Waals surface area (Å²) in [7, 11) is 0. The summed E-state index contributed by atoms with van der Waals surface area (Å²) in [5, 5.41) is 5.59. The normalized spacial score (nSPS) is 10.1. The van der Waals surface area contributed by atoms with Gasteiger partial charge in [0.15, 0.2) is 0 Å². The number of amides is 2. The minimum atomic E-state index is -0.219. The van der Waals surface area contributed by atoms with Crippen LogP contribution in [0.15, 0.2) is 54.6 Å². The number of aryl methyl sites for hydroxylation is 1. The molecule has 0 atom stereocenters. The Kier molecular flexibility index (Phi) is 6.98. The van der Waals surface area contributed by atoms with E-state index in [0.717, 1.165) is 17.9 Å². The van der Waals surface area contributed by atoms with E-state index in [0.29, 0.717) is 13.2 Å². The molecule has 122 valence electrons. The van der Waals surface area contributed by atoms with Crippen LogP contribution in [0.3, 0.4) is 0 Å². The third-order valence-electron chi connectivity index (χ3n) is 3.43. The van der Waals surface area contributed by atoms with Gasteiger partial charge in [-0.2, -0.15) is 0 Å². The molecule has 0 fully saturated rings. The van der Waals surface area contributed by atoms with Crippen LogP contribution >= 0.6 is 0 Å². The van der Waals surface area contributed by atoms with Crippen molar-refractivity contribution in [2.45, 2.75) is 26.2 Å². The molecular weight excluding hydrogens is 288 g/mol. The molecule has 2 aromatic carbocycles. The van der Waals surface area contributed by atoms with E-state index in [1.165, 1.54) is 18.4 Å². The summed E-state index contributed by atoms with van der Waals surface area (Å²) in [4.78, 5) is 11.8. The van der Waals surface area contributed by atoms with Gasteiger partial charge in [-0.25, -0.2) is 4.79 Å². The minimum Gasteiger partial charge on any atom is -0.492 e. The van der Waals surface area contributed by atoms with E-state index in [1.54, 1.807) is 0 Å². The smallest absolute Gasteiger partial charge is 0.319 e. The summed E-state index contributed by atoms with van der Waals surface area (Å²) in [6, 6.07) is 17.3. The van der Waals surface area contributed by atoms with E-state index in [9.17, 15) is 4.79 Å². The van der Waals surface area contributed by atoms with Crippen LogP contribution in [0.5, 0.6) is 5.75 Å². The largest absolute Gasteiger partial charge is 0.492 e. The third kappa shape index (κ3) is 6.43. The number of carbonyl (C=O) groups is 1. The van der Waals surface area contributed by atoms with Crippen LogP contribution in [0.1, 0.15) is 25.3 Å². The van der Waals surface area contributed by atoms with Gasteiger partial charge in [0, 0.05) is 5.69 Å². The first-order valence-corrected chi connectivity index (χ1v) is 8.09. The average molecular weight is 312 g/mol. The fraction of sp³-hybridized carbons (Fsp3) is 0.316.